The van der Waals surface area contributed by atoms with E-state index in [1.807, 2.05) is 0 Å². The topological polar surface area (TPSA) is 118 Å². The van der Waals surface area contributed by atoms with E-state index in [4.69, 9.17) is 28.9 Å². The van der Waals surface area contributed by atoms with Gasteiger partial charge in [-0.15, -0.1) is 0 Å². The first kappa shape index (κ1) is 20.7. The second-order valence-electron chi connectivity index (χ2n) is 6.95. The Labute approximate surface area is 184 Å². The summed E-state index contributed by atoms with van der Waals surface area (Å²) in [6.07, 6.45) is 1.57. The van der Waals surface area contributed by atoms with Crippen molar-refractivity contribution in [1.29, 1.82) is 0 Å². The summed E-state index contributed by atoms with van der Waals surface area (Å²) in [6, 6.07) is 8.85. The molecule has 2 N–H and O–H groups in total. The minimum absolute atomic E-state index is 0.151. The van der Waals surface area contributed by atoms with Crippen LogP contribution in [0.3, 0.4) is 0 Å². The number of aryl methyl sites for hydroxylation is 1. The first-order chi connectivity index (χ1) is 14.6. The van der Waals surface area contributed by atoms with Crippen LogP contribution in [-0.2, 0) is 14.1 Å². The van der Waals surface area contributed by atoms with Crippen LogP contribution >= 0.6 is 23.2 Å². The molecule has 0 bridgehead atoms. The van der Waals surface area contributed by atoms with Crippen LogP contribution in [-0.4, -0.2) is 18.6 Å². The Bertz CT molecular complexity index is 1520. The number of nitrogens with two attached hydrogens (primary N) is 1. The molecule has 0 fully saturated rings. The van der Waals surface area contributed by atoms with Gasteiger partial charge in [-0.05, 0) is 12.1 Å². The molecular formula is C20H15Cl2N5O4. The molecule has 11 heteroatoms. The van der Waals surface area contributed by atoms with Crippen molar-refractivity contribution in [3.8, 4) is 16.9 Å². The van der Waals surface area contributed by atoms with Crippen molar-refractivity contribution in [3.05, 3.63) is 83.6 Å². The fourth-order valence-electron chi connectivity index (χ4n) is 3.52. The van der Waals surface area contributed by atoms with Crippen LogP contribution < -0.4 is 17.0 Å². The van der Waals surface area contributed by atoms with Crippen molar-refractivity contribution in [1.82, 2.24) is 13.7 Å². The summed E-state index contributed by atoms with van der Waals surface area (Å²) in [7, 11) is 2.90. The molecule has 31 heavy (non-hydrogen) atoms. The number of nitro benzene ring substituents is 1. The number of anilines is 1. The van der Waals surface area contributed by atoms with Gasteiger partial charge in [-0.3, -0.25) is 24.0 Å². The lowest BCUT2D eigenvalue weighted by molar-refractivity contribution is -0.384. The molecule has 2 aromatic heterocycles. The van der Waals surface area contributed by atoms with E-state index in [0.717, 1.165) is 4.57 Å². The molecule has 158 valence electrons. The fourth-order valence-corrected chi connectivity index (χ4v) is 3.99. The van der Waals surface area contributed by atoms with Crippen LogP contribution in [0.15, 0.2) is 52.2 Å². The number of halogens is 2. The number of rotatable bonds is 3. The Balaban J connectivity index is 2.23. The van der Waals surface area contributed by atoms with Crippen molar-refractivity contribution >= 4 is 45.5 Å². The average molecular weight is 460 g/mol. The van der Waals surface area contributed by atoms with E-state index in [-0.39, 0.29) is 26.8 Å². The van der Waals surface area contributed by atoms with Crippen molar-refractivity contribution in [3.63, 3.8) is 0 Å². The number of fused-ring (bicyclic) bond motifs is 1. The number of nitrogens with zero attached hydrogens (tertiary/aromatic N) is 4. The molecule has 0 aliphatic carbocycles. The zero-order valence-electron chi connectivity index (χ0n) is 16.3. The minimum atomic E-state index is -0.545. The maximum absolute atomic E-state index is 13.1. The van der Waals surface area contributed by atoms with Gasteiger partial charge in [0.25, 0.3) is 11.2 Å². The van der Waals surface area contributed by atoms with E-state index in [1.165, 1.54) is 49.0 Å². The fraction of sp³-hybridized carbons (Fsp3) is 0.100. The number of non-ortho nitro benzene ring substituents is 1. The van der Waals surface area contributed by atoms with Crippen LogP contribution in [0.1, 0.15) is 0 Å². The van der Waals surface area contributed by atoms with E-state index in [1.54, 1.807) is 16.8 Å². The molecule has 0 spiro atoms. The zero-order valence-corrected chi connectivity index (χ0v) is 17.8. The van der Waals surface area contributed by atoms with E-state index in [2.05, 4.69) is 0 Å². The van der Waals surface area contributed by atoms with Gasteiger partial charge in [-0.2, -0.15) is 0 Å². The van der Waals surface area contributed by atoms with Gasteiger partial charge in [-0.25, -0.2) is 4.79 Å². The molecule has 4 rings (SSSR count). The molecule has 0 saturated carbocycles. The summed E-state index contributed by atoms with van der Waals surface area (Å²) in [5.74, 6) is 0. The smallest absolute Gasteiger partial charge is 0.330 e. The first-order valence-corrected chi connectivity index (χ1v) is 9.68. The van der Waals surface area contributed by atoms with Crippen LogP contribution in [0.25, 0.3) is 27.8 Å². The summed E-state index contributed by atoms with van der Waals surface area (Å²) >= 11 is 12.5. The molecule has 2 aromatic carbocycles. The van der Waals surface area contributed by atoms with Crippen LogP contribution in [0.4, 0.5) is 11.4 Å². The van der Waals surface area contributed by atoms with Crippen molar-refractivity contribution < 1.29 is 4.92 Å². The highest BCUT2D eigenvalue weighted by atomic mass is 35.5. The van der Waals surface area contributed by atoms with Gasteiger partial charge in [-0.1, -0.05) is 35.3 Å². The van der Waals surface area contributed by atoms with Gasteiger partial charge in [0.1, 0.15) is 0 Å². The Morgan fingerprint density at radius 2 is 1.74 bits per heavy atom. The summed E-state index contributed by atoms with van der Waals surface area (Å²) in [6.45, 7) is 0. The largest absolute Gasteiger partial charge is 0.397 e. The summed E-state index contributed by atoms with van der Waals surface area (Å²) in [4.78, 5) is 36.4. The Hall–Kier alpha value is -3.56. The molecular weight excluding hydrogens is 445 g/mol. The van der Waals surface area contributed by atoms with Crippen LogP contribution in [0, 0.1) is 10.1 Å². The Morgan fingerprint density at radius 1 is 1.03 bits per heavy atom. The monoisotopic (exact) mass is 459 g/mol. The van der Waals surface area contributed by atoms with Gasteiger partial charge in [0, 0.05) is 38.0 Å². The Kier molecular flexibility index (Phi) is 4.87. The van der Waals surface area contributed by atoms with E-state index in [0.29, 0.717) is 22.5 Å². The number of nitro groups is 1. The highest BCUT2D eigenvalue weighted by molar-refractivity contribution is 6.37. The van der Waals surface area contributed by atoms with Crippen molar-refractivity contribution in [2.75, 3.05) is 5.73 Å². The normalized spacial score (nSPS) is 11.2. The molecule has 9 nitrogen and oxygen atoms in total. The summed E-state index contributed by atoms with van der Waals surface area (Å²) in [5, 5.41) is 12.0. The van der Waals surface area contributed by atoms with Gasteiger partial charge < -0.3 is 10.3 Å². The minimum Gasteiger partial charge on any atom is -0.397 e. The van der Waals surface area contributed by atoms with Crippen LogP contribution in [0.5, 0.6) is 0 Å². The number of benzene rings is 2. The van der Waals surface area contributed by atoms with Gasteiger partial charge in [0.15, 0.2) is 0 Å². The van der Waals surface area contributed by atoms with Crippen molar-refractivity contribution in [2.45, 2.75) is 0 Å². The first-order valence-electron chi connectivity index (χ1n) is 8.92. The Morgan fingerprint density at radius 3 is 2.42 bits per heavy atom. The predicted molar refractivity (Wildman–Crippen MR) is 120 cm³/mol. The lowest BCUT2D eigenvalue weighted by Gasteiger charge is -2.13. The highest BCUT2D eigenvalue weighted by Crippen LogP contribution is 2.37. The molecule has 2 heterocycles. The van der Waals surface area contributed by atoms with E-state index >= 15 is 0 Å². The maximum Gasteiger partial charge on any atom is 0.330 e. The third-order valence-electron chi connectivity index (χ3n) is 5.10. The second kappa shape index (κ2) is 7.29. The van der Waals surface area contributed by atoms with Gasteiger partial charge >= 0.3 is 5.69 Å². The average Bonchev–Trinajstić information content (AvgIpc) is 3.14. The number of hydrogen-bond acceptors (Lipinski definition) is 5. The maximum atomic E-state index is 13.1. The lowest BCUT2D eigenvalue weighted by atomic mass is 10.1. The van der Waals surface area contributed by atoms with Crippen LogP contribution in [0.2, 0.25) is 10.0 Å². The highest BCUT2D eigenvalue weighted by Gasteiger charge is 2.23. The number of aromatic nitrogens is 3. The standard InChI is InChI=1S/C20H15Cl2N5O4/c1-24-16-9-26(15-8-14(23)12(21)7-13(15)22)18(17(16)19(28)25(2)20(24)29)10-4-3-5-11(6-10)27(30)31/h3-9H,23H2,1-2H3. The van der Waals surface area contributed by atoms with E-state index in [9.17, 15) is 19.7 Å². The third-order valence-corrected chi connectivity index (χ3v) is 5.73. The molecule has 0 atom stereocenters. The van der Waals surface area contributed by atoms with Gasteiger partial charge in [0.05, 0.1) is 42.9 Å². The molecule has 0 amide bonds. The summed E-state index contributed by atoms with van der Waals surface area (Å²) in [5.41, 5.74) is 6.47. The quantitative estimate of drug-likeness (QED) is 0.285. The molecule has 4 aromatic rings. The van der Waals surface area contributed by atoms with Crippen molar-refractivity contribution in [2.24, 2.45) is 14.1 Å². The van der Waals surface area contributed by atoms with Gasteiger partial charge in [0.2, 0.25) is 0 Å². The number of hydrogen-bond donors (Lipinski definition) is 1. The zero-order chi connectivity index (χ0) is 22.6. The predicted octanol–water partition coefficient (Wildman–Crippen LogP) is 3.49. The lowest BCUT2D eigenvalue weighted by Crippen LogP contribution is -2.36. The molecule has 0 unspecified atom stereocenters. The molecule has 0 aliphatic heterocycles. The second-order valence-corrected chi connectivity index (χ2v) is 7.76. The van der Waals surface area contributed by atoms with E-state index < -0.39 is 16.2 Å². The molecule has 0 aliphatic rings. The number of nitrogen functional groups attached to an aromatic ring is 1. The summed E-state index contributed by atoms with van der Waals surface area (Å²) < 4.78 is 3.88. The molecule has 0 saturated heterocycles. The SMILES string of the molecule is Cn1c(=O)c2c(-c3cccc([N+](=O)[O-])c3)n(-c3cc(N)c(Cl)cc3Cl)cc2n(C)c1=O. The molecule has 0 radical (unpaired) electrons. The third kappa shape index (κ3) is 3.18.